The fourth-order valence-corrected chi connectivity index (χ4v) is 5.79. The number of allylic oxidation sites excluding steroid dienone is 3. The zero-order valence-corrected chi connectivity index (χ0v) is 20.5. The zero-order valence-electron chi connectivity index (χ0n) is 19.7. The van der Waals surface area contributed by atoms with Crippen molar-refractivity contribution in [2.45, 2.75) is 63.7 Å². The molecule has 0 fully saturated rings. The summed E-state index contributed by atoms with van der Waals surface area (Å²) in [6.07, 6.45) is 8.19. The maximum Gasteiger partial charge on any atom is 0.183 e. The van der Waals surface area contributed by atoms with E-state index in [9.17, 15) is 4.79 Å². The zero-order chi connectivity index (χ0) is 22.7. The van der Waals surface area contributed by atoms with Crippen molar-refractivity contribution in [3.8, 4) is 0 Å². The lowest BCUT2D eigenvalue weighted by Crippen LogP contribution is -2.28. The van der Waals surface area contributed by atoms with Crippen LogP contribution in [0.5, 0.6) is 0 Å². The number of nitrogens with zero attached hydrogens (tertiary/aromatic N) is 2. The van der Waals surface area contributed by atoms with Crippen molar-refractivity contribution in [2.75, 3.05) is 22.9 Å². The van der Waals surface area contributed by atoms with Crippen LogP contribution >= 0.6 is 11.8 Å². The summed E-state index contributed by atoms with van der Waals surface area (Å²) in [6, 6.07) is 17.0. The van der Waals surface area contributed by atoms with Crippen molar-refractivity contribution in [3.63, 3.8) is 0 Å². The summed E-state index contributed by atoms with van der Waals surface area (Å²) >= 11 is 1.71. The normalized spacial score (nSPS) is 19.0. The number of carbonyl (C=O) groups excluding carboxylic acids is 1. The summed E-state index contributed by atoms with van der Waals surface area (Å²) in [7, 11) is 0. The van der Waals surface area contributed by atoms with Gasteiger partial charge in [0.2, 0.25) is 0 Å². The van der Waals surface area contributed by atoms with E-state index < -0.39 is 0 Å². The van der Waals surface area contributed by atoms with Gasteiger partial charge in [-0.15, -0.1) is 0 Å². The average molecular weight is 447 g/mol. The lowest BCUT2D eigenvalue weighted by atomic mass is 9.83. The fourth-order valence-electron chi connectivity index (χ4n) is 4.66. The van der Waals surface area contributed by atoms with Gasteiger partial charge in [0, 0.05) is 46.9 Å². The summed E-state index contributed by atoms with van der Waals surface area (Å²) < 4.78 is 0. The molecule has 0 aliphatic carbocycles. The number of hydrogen-bond donors (Lipinski definition) is 0. The Labute approximate surface area is 197 Å². The van der Waals surface area contributed by atoms with Crippen molar-refractivity contribution in [1.82, 2.24) is 0 Å². The first-order chi connectivity index (χ1) is 15.5. The molecule has 32 heavy (non-hydrogen) atoms. The Morgan fingerprint density at radius 3 is 2.22 bits per heavy atom. The number of rotatable bonds is 8. The molecule has 3 nitrogen and oxygen atoms in total. The van der Waals surface area contributed by atoms with Gasteiger partial charge in [-0.3, -0.25) is 4.79 Å². The number of hydrogen-bond acceptors (Lipinski definition) is 4. The van der Waals surface area contributed by atoms with Gasteiger partial charge in [0.25, 0.3) is 0 Å². The van der Waals surface area contributed by atoms with E-state index in [1.807, 2.05) is 12.2 Å². The highest BCUT2D eigenvalue weighted by Gasteiger charge is 2.40. The lowest BCUT2D eigenvalue weighted by Gasteiger charge is -2.27. The molecule has 2 aliphatic rings. The maximum atomic E-state index is 13.4. The summed E-state index contributed by atoms with van der Waals surface area (Å²) in [5.41, 5.74) is 4.68. The molecule has 2 aliphatic heterocycles. The third kappa shape index (κ3) is 4.25. The molecule has 0 saturated carbocycles. The van der Waals surface area contributed by atoms with Crippen LogP contribution in [0.2, 0.25) is 0 Å². The molecule has 0 saturated heterocycles. The van der Waals surface area contributed by atoms with Crippen molar-refractivity contribution in [3.05, 3.63) is 77.0 Å². The van der Waals surface area contributed by atoms with E-state index in [-0.39, 0.29) is 11.2 Å². The molecule has 0 amide bonds. The van der Waals surface area contributed by atoms with E-state index in [0.29, 0.717) is 0 Å². The minimum atomic E-state index is -0.188. The largest absolute Gasteiger partial charge is 0.344 e. The van der Waals surface area contributed by atoms with Gasteiger partial charge in [0.05, 0.1) is 10.7 Å². The summed E-state index contributed by atoms with van der Waals surface area (Å²) in [5, 5.41) is 1.04. The van der Waals surface area contributed by atoms with Gasteiger partial charge < -0.3 is 9.80 Å². The number of carbonyl (C=O) groups is 1. The Kier molecular flexibility index (Phi) is 6.80. The second-order valence-corrected chi connectivity index (χ2v) is 10.2. The van der Waals surface area contributed by atoms with E-state index >= 15 is 0 Å². The van der Waals surface area contributed by atoms with Crippen LogP contribution in [-0.4, -0.2) is 18.9 Å². The monoisotopic (exact) mass is 446 g/mol. The summed E-state index contributed by atoms with van der Waals surface area (Å²) in [4.78, 5) is 19.3. The van der Waals surface area contributed by atoms with Gasteiger partial charge in [0.15, 0.2) is 5.78 Å². The van der Waals surface area contributed by atoms with Crippen LogP contribution in [0, 0.1) is 0 Å². The molecule has 0 aromatic heterocycles. The molecule has 2 aromatic carbocycles. The highest BCUT2D eigenvalue weighted by atomic mass is 32.2. The third-order valence-corrected chi connectivity index (χ3v) is 7.56. The average Bonchev–Trinajstić information content (AvgIpc) is 3.23. The van der Waals surface area contributed by atoms with Crippen LogP contribution in [0.1, 0.15) is 58.9 Å². The van der Waals surface area contributed by atoms with Crippen molar-refractivity contribution >= 4 is 28.9 Å². The van der Waals surface area contributed by atoms with Gasteiger partial charge in [-0.1, -0.05) is 82.6 Å². The third-order valence-electron chi connectivity index (χ3n) is 6.45. The molecule has 4 heteroatoms. The summed E-state index contributed by atoms with van der Waals surface area (Å²) in [5.74, 6) is 0.0687. The molecule has 2 aromatic rings. The smallest absolute Gasteiger partial charge is 0.183 e. The van der Waals surface area contributed by atoms with Gasteiger partial charge in [-0.05, 0) is 36.6 Å². The van der Waals surface area contributed by atoms with Crippen LogP contribution in [0.4, 0.5) is 11.4 Å². The molecule has 0 N–H and O–H groups in total. The van der Waals surface area contributed by atoms with Crippen LogP contribution in [0.25, 0.3) is 0 Å². The predicted molar refractivity (Wildman–Crippen MR) is 137 cm³/mol. The van der Waals surface area contributed by atoms with Gasteiger partial charge in [0.1, 0.15) is 0 Å². The predicted octanol–water partition coefficient (Wildman–Crippen LogP) is 7.29. The van der Waals surface area contributed by atoms with Crippen LogP contribution in [0.3, 0.4) is 0 Å². The standard InChI is InChI=1S/C28H34N2OS/c1-5-7-17-29-23-14-10-9-13-22(23)28(3,4)26(29)19-21(31)20-27-30(18-8-6-2)24-15-11-12-16-25(24)32-27/h9-16,19-20H,5-8,17-18H2,1-4H3/b26-19+,27-20-. The maximum absolute atomic E-state index is 13.4. The highest BCUT2D eigenvalue weighted by Crippen LogP contribution is 2.48. The lowest BCUT2D eigenvalue weighted by molar-refractivity contribution is -0.110. The van der Waals surface area contributed by atoms with E-state index in [0.717, 1.165) is 49.5 Å². The SMILES string of the molecule is CCCCN1/C(=C/C(=O)/C=C2/N(CCCC)c3ccccc3C2(C)C)Sc2ccccc21. The quantitative estimate of drug-likeness (QED) is 0.397. The van der Waals surface area contributed by atoms with Crippen LogP contribution in [0.15, 0.2) is 76.3 Å². The molecule has 0 atom stereocenters. The Hall–Kier alpha value is -2.46. The number of fused-ring (bicyclic) bond motifs is 2. The second-order valence-electron chi connectivity index (χ2n) is 9.14. The molecule has 4 rings (SSSR count). The van der Waals surface area contributed by atoms with Gasteiger partial charge >= 0.3 is 0 Å². The first kappa shape index (κ1) is 22.7. The fraction of sp³-hybridized carbons (Fsp3) is 0.393. The number of anilines is 2. The molecule has 0 spiro atoms. The molecule has 0 unspecified atom stereocenters. The van der Waals surface area contributed by atoms with Gasteiger partial charge in [-0.2, -0.15) is 0 Å². The Morgan fingerprint density at radius 2 is 1.50 bits per heavy atom. The topological polar surface area (TPSA) is 23.6 Å². The van der Waals surface area contributed by atoms with Crippen LogP contribution in [-0.2, 0) is 10.2 Å². The Balaban J connectivity index is 1.67. The van der Waals surface area contributed by atoms with Crippen molar-refractivity contribution < 1.29 is 4.79 Å². The molecule has 0 radical (unpaired) electrons. The highest BCUT2D eigenvalue weighted by molar-refractivity contribution is 8.03. The van der Waals surface area contributed by atoms with E-state index in [1.165, 1.54) is 21.8 Å². The second kappa shape index (κ2) is 9.58. The molecule has 168 valence electrons. The van der Waals surface area contributed by atoms with Crippen molar-refractivity contribution in [2.24, 2.45) is 0 Å². The summed E-state index contributed by atoms with van der Waals surface area (Å²) in [6.45, 7) is 10.8. The number of thioether (sulfide) groups is 1. The van der Waals surface area contributed by atoms with Crippen LogP contribution < -0.4 is 9.80 Å². The number of para-hydroxylation sites is 2. The first-order valence-corrected chi connectivity index (χ1v) is 12.7. The molecular weight excluding hydrogens is 412 g/mol. The number of benzene rings is 2. The first-order valence-electron chi connectivity index (χ1n) is 11.9. The Bertz CT molecular complexity index is 1050. The van der Waals surface area contributed by atoms with E-state index in [4.69, 9.17) is 0 Å². The number of unbranched alkanes of at least 4 members (excludes halogenated alkanes) is 2. The van der Waals surface area contributed by atoms with Crippen molar-refractivity contribution in [1.29, 1.82) is 0 Å². The van der Waals surface area contributed by atoms with Gasteiger partial charge in [-0.25, -0.2) is 0 Å². The Morgan fingerprint density at radius 1 is 0.875 bits per heavy atom. The van der Waals surface area contributed by atoms with E-state index in [1.54, 1.807) is 11.8 Å². The molecular formula is C28H34N2OS. The number of ketones is 1. The molecule has 0 bridgehead atoms. The minimum absolute atomic E-state index is 0.0687. The minimum Gasteiger partial charge on any atom is -0.344 e. The van der Waals surface area contributed by atoms with E-state index in [2.05, 4.69) is 86.0 Å². The molecule has 2 heterocycles.